The van der Waals surface area contributed by atoms with Crippen LogP contribution in [0.15, 0.2) is 42.0 Å². The number of nitrogens with two attached hydrogens (primary N) is 1. The Kier molecular flexibility index (Phi) is 4.29. The predicted octanol–water partition coefficient (Wildman–Crippen LogP) is 2.12. The summed E-state index contributed by atoms with van der Waals surface area (Å²) in [5.74, 6) is 0.703. The third kappa shape index (κ3) is 3.84. The molecule has 0 aliphatic rings. The smallest absolute Gasteiger partial charge is 0.213 e. The van der Waals surface area contributed by atoms with Gasteiger partial charge in [0.05, 0.1) is 16.0 Å². The molecule has 0 saturated carbocycles. The number of primary sulfonamides is 1. The van der Waals surface area contributed by atoms with E-state index in [9.17, 15) is 8.42 Å². The molecule has 3 rings (SSSR count). The molecule has 0 amide bonds. The fourth-order valence-electron chi connectivity index (χ4n) is 2.45. The zero-order valence-corrected chi connectivity index (χ0v) is 14.1. The topological polar surface area (TPSA) is 89.2 Å². The van der Waals surface area contributed by atoms with E-state index in [1.54, 1.807) is 23.7 Å². The van der Waals surface area contributed by atoms with Crippen LogP contribution in [0.25, 0.3) is 10.2 Å². The van der Waals surface area contributed by atoms with E-state index < -0.39 is 10.0 Å². The van der Waals surface area contributed by atoms with Crippen molar-refractivity contribution in [3.63, 3.8) is 0 Å². The molecule has 0 spiro atoms. The number of aromatic nitrogens is 2. The summed E-state index contributed by atoms with van der Waals surface area (Å²) >= 11 is 1.60. The summed E-state index contributed by atoms with van der Waals surface area (Å²) in [4.78, 5) is 10.6. The zero-order chi connectivity index (χ0) is 16.4. The number of hydrogen-bond acceptors (Lipinski definition) is 6. The molecule has 0 fully saturated rings. The van der Waals surface area contributed by atoms with E-state index in [-0.39, 0.29) is 5.75 Å². The minimum atomic E-state index is -3.53. The third-order valence-electron chi connectivity index (χ3n) is 3.36. The molecule has 0 unspecified atom stereocenters. The lowest BCUT2D eigenvalue weighted by atomic mass is 10.1. The lowest BCUT2D eigenvalue weighted by Crippen LogP contribution is -2.18. The Morgan fingerprint density at radius 3 is 2.78 bits per heavy atom. The van der Waals surface area contributed by atoms with E-state index in [2.05, 4.69) is 9.97 Å². The van der Waals surface area contributed by atoms with Crippen molar-refractivity contribution in [3.8, 4) is 0 Å². The van der Waals surface area contributed by atoms with Crippen LogP contribution >= 0.6 is 11.3 Å². The summed E-state index contributed by atoms with van der Waals surface area (Å²) in [5.41, 5.74) is 2.61. The number of hydrogen-bond donors (Lipinski definition) is 1. The molecule has 0 saturated heterocycles. The van der Waals surface area contributed by atoms with Gasteiger partial charge in [-0.05, 0) is 22.6 Å². The Morgan fingerprint density at radius 2 is 2.00 bits per heavy atom. The number of thiophene rings is 1. The Balaban J connectivity index is 1.84. The van der Waals surface area contributed by atoms with E-state index in [4.69, 9.17) is 5.14 Å². The number of fused-ring (bicyclic) bond motifs is 1. The van der Waals surface area contributed by atoms with Gasteiger partial charge in [0.2, 0.25) is 10.0 Å². The van der Waals surface area contributed by atoms with Crippen molar-refractivity contribution in [2.45, 2.75) is 12.3 Å². The molecular weight excluding hydrogens is 332 g/mol. The molecule has 0 aliphatic carbocycles. The highest BCUT2D eigenvalue weighted by Crippen LogP contribution is 2.28. The summed E-state index contributed by atoms with van der Waals surface area (Å²) in [6.07, 6.45) is 1.55. The molecule has 2 heterocycles. The minimum absolute atomic E-state index is 0.159. The summed E-state index contributed by atoms with van der Waals surface area (Å²) in [5, 5.41) is 7.10. The third-order valence-corrected chi connectivity index (χ3v) is 5.00. The SMILES string of the molecule is CN(Cc1cccc(CS(N)(=O)=O)c1)c1ncnc2ccsc12. The van der Waals surface area contributed by atoms with Crippen LogP contribution in [0.2, 0.25) is 0 Å². The van der Waals surface area contributed by atoms with Gasteiger partial charge < -0.3 is 4.90 Å². The van der Waals surface area contributed by atoms with Crippen LogP contribution in [0, 0.1) is 0 Å². The molecule has 0 atom stereocenters. The molecule has 0 radical (unpaired) electrons. The zero-order valence-electron chi connectivity index (χ0n) is 12.5. The summed E-state index contributed by atoms with van der Waals surface area (Å²) < 4.78 is 23.5. The first-order valence-corrected chi connectivity index (χ1v) is 9.49. The lowest BCUT2D eigenvalue weighted by molar-refractivity contribution is 0.597. The van der Waals surface area contributed by atoms with Crippen molar-refractivity contribution in [1.29, 1.82) is 0 Å². The standard InChI is InChI=1S/C15H16N4O2S2/c1-19(15-14-13(5-6-22-14)17-10-18-15)8-11-3-2-4-12(7-11)9-23(16,20)21/h2-7,10H,8-9H2,1H3,(H2,16,20,21). The van der Waals surface area contributed by atoms with Gasteiger partial charge >= 0.3 is 0 Å². The van der Waals surface area contributed by atoms with Crippen LogP contribution in [0.5, 0.6) is 0 Å². The van der Waals surface area contributed by atoms with E-state index in [0.717, 1.165) is 21.6 Å². The van der Waals surface area contributed by atoms with Crippen LogP contribution < -0.4 is 10.0 Å². The quantitative estimate of drug-likeness (QED) is 0.763. The van der Waals surface area contributed by atoms with E-state index >= 15 is 0 Å². The Labute approximate surface area is 138 Å². The summed E-state index contributed by atoms with van der Waals surface area (Å²) in [7, 11) is -1.58. The number of sulfonamides is 1. The molecule has 6 nitrogen and oxygen atoms in total. The lowest BCUT2D eigenvalue weighted by Gasteiger charge is -2.19. The van der Waals surface area contributed by atoms with Crippen LogP contribution in [0.3, 0.4) is 0 Å². The van der Waals surface area contributed by atoms with Crippen molar-refractivity contribution >= 4 is 37.4 Å². The van der Waals surface area contributed by atoms with Gasteiger partial charge in [0.15, 0.2) is 0 Å². The summed E-state index contributed by atoms with van der Waals surface area (Å²) in [6.45, 7) is 0.614. The molecule has 0 bridgehead atoms. The van der Waals surface area contributed by atoms with Crippen molar-refractivity contribution in [2.75, 3.05) is 11.9 Å². The van der Waals surface area contributed by atoms with Gasteiger partial charge in [-0.15, -0.1) is 11.3 Å². The Hall–Kier alpha value is -2.03. The maximum atomic E-state index is 11.2. The molecule has 3 aromatic rings. The Bertz CT molecular complexity index is 937. The van der Waals surface area contributed by atoms with E-state index in [0.29, 0.717) is 12.1 Å². The van der Waals surface area contributed by atoms with Crippen molar-refractivity contribution < 1.29 is 8.42 Å². The van der Waals surface area contributed by atoms with Crippen LogP contribution in [0.1, 0.15) is 11.1 Å². The maximum Gasteiger partial charge on any atom is 0.213 e. The second kappa shape index (κ2) is 6.23. The minimum Gasteiger partial charge on any atom is -0.354 e. The Morgan fingerprint density at radius 1 is 1.22 bits per heavy atom. The first-order chi connectivity index (χ1) is 10.9. The van der Waals surface area contributed by atoms with Gasteiger partial charge in [-0.3, -0.25) is 0 Å². The van der Waals surface area contributed by atoms with E-state index in [1.165, 1.54) is 0 Å². The van der Waals surface area contributed by atoms with Gasteiger partial charge in [-0.2, -0.15) is 0 Å². The molecule has 1 aromatic carbocycles. The molecule has 0 aliphatic heterocycles. The molecule has 23 heavy (non-hydrogen) atoms. The maximum absolute atomic E-state index is 11.2. The first-order valence-electron chi connectivity index (χ1n) is 6.90. The highest BCUT2D eigenvalue weighted by molar-refractivity contribution is 7.88. The number of nitrogens with zero attached hydrogens (tertiary/aromatic N) is 3. The highest BCUT2D eigenvalue weighted by atomic mass is 32.2. The number of rotatable bonds is 5. The van der Waals surface area contributed by atoms with Crippen molar-refractivity contribution in [3.05, 3.63) is 53.2 Å². The molecule has 8 heteroatoms. The van der Waals surface area contributed by atoms with Gasteiger partial charge in [0.25, 0.3) is 0 Å². The molecule has 2 aromatic heterocycles. The molecular formula is C15H16N4O2S2. The normalized spacial score (nSPS) is 11.7. The number of anilines is 1. The fourth-order valence-corrected chi connectivity index (χ4v) is 3.98. The van der Waals surface area contributed by atoms with E-state index in [1.807, 2.05) is 41.6 Å². The second-order valence-corrected chi connectivity index (χ2v) is 7.85. The van der Waals surface area contributed by atoms with Crippen LogP contribution in [0.4, 0.5) is 5.82 Å². The van der Waals surface area contributed by atoms with Gasteiger partial charge in [-0.25, -0.2) is 23.5 Å². The molecule has 2 N–H and O–H groups in total. The van der Waals surface area contributed by atoms with Crippen molar-refractivity contribution in [1.82, 2.24) is 9.97 Å². The van der Waals surface area contributed by atoms with Gasteiger partial charge in [0, 0.05) is 13.6 Å². The number of benzene rings is 1. The molecule has 120 valence electrons. The van der Waals surface area contributed by atoms with Crippen molar-refractivity contribution in [2.24, 2.45) is 5.14 Å². The van der Waals surface area contributed by atoms with Gasteiger partial charge in [-0.1, -0.05) is 24.3 Å². The highest BCUT2D eigenvalue weighted by Gasteiger charge is 2.11. The fraction of sp³-hybridized carbons (Fsp3) is 0.200. The second-order valence-electron chi connectivity index (χ2n) is 5.32. The monoisotopic (exact) mass is 348 g/mol. The average molecular weight is 348 g/mol. The predicted molar refractivity (Wildman–Crippen MR) is 92.8 cm³/mol. The van der Waals surface area contributed by atoms with Crippen LogP contribution in [-0.4, -0.2) is 25.4 Å². The largest absolute Gasteiger partial charge is 0.354 e. The van der Waals surface area contributed by atoms with Gasteiger partial charge in [0.1, 0.15) is 12.1 Å². The first kappa shape index (κ1) is 15.9. The van der Waals surface area contributed by atoms with Crippen LogP contribution in [-0.2, 0) is 22.3 Å². The summed E-state index contributed by atoms with van der Waals surface area (Å²) in [6, 6.07) is 9.37. The average Bonchev–Trinajstić information content (AvgIpc) is 2.93.